The summed E-state index contributed by atoms with van der Waals surface area (Å²) in [6.45, 7) is 7.08. The Morgan fingerprint density at radius 3 is 2.64 bits per heavy atom. The number of benzene rings is 1. The smallest absolute Gasteiger partial charge is 0.296 e. The van der Waals surface area contributed by atoms with E-state index in [1.807, 2.05) is 32.0 Å². The van der Waals surface area contributed by atoms with Crippen molar-refractivity contribution >= 4 is 34.4 Å². The minimum Gasteiger partial charge on any atom is -0.461 e. The van der Waals surface area contributed by atoms with Crippen LogP contribution < -0.4 is 15.0 Å². The van der Waals surface area contributed by atoms with Gasteiger partial charge < -0.3 is 24.7 Å². The first kappa shape index (κ1) is 22.0. The quantitative estimate of drug-likeness (QED) is 0.570. The zero-order valence-electron chi connectivity index (χ0n) is 18.8. The molecule has 1 aliphatic carbocycles. The van der Waals surface area contributed by atoms with Gasteiger partial charge in [-0.25, -0.2) is 4.98 Å². The van der Waals surface area contributed by atoms with E-state index in [1.165, 1.54) is 0 Å². The number of aromatic amines is 1. The van der Waals surface area contributed by atoms with Crippen molar-refractivity contribution in [3.63, 3.8) is 0 Å². The summed E-state index contributed by atoms with van der Waals surface area (Å²) in [5.74, 6) is 0.0625. The monoisotopic (exact) mass is 469 g/mol. The van der Waals surface area contributed by atoms with Gasteiger partial charge in [0.15, 0.2) is 5.65 Å². The number of H-pyrrole nitrogens is 1. The van der Waals surface area contributed by atoms with Gasteiger partial charge in [-0.2, -0.15) is 4.98 Å². The summed E-state index contributed by atoms with van der Waals surface area (Å²) in [7, 11) is 0. The first-order valence-corrected chi connectivity index (χ1v) is 11.8. The Hall–Kier alpha value is -2.84. The number of carbonyl (C=O) groups excluding carboxylic acids is 1. The Morgan fingerprint density at radius 2 is 1.94 bits per heavy atom. The zero-order chi connectivity index (χ0) is 22.9. The molecule has 0 radical (unpaired) electrons. The molecule has 0 bridgehead atoms. The van der Waals surface area contributed by atoms with Crippen molar-refractivity contribution in [2.45, 2.75) is 38.8 Å². The molecule has 1 saturated carbocycles. The Labute approximate surface area is 197 Å². The van der Waals surface area contributed by atoms with Gasteiger partial charge in [-0.15, -0.1) is 0 Å². The number of anilines is 1. The molecule has 2 fully saturated rings. The fraction of sp³-hybridized carbons (Fsp3) is 0.458. The Kier molecular flexibility index (Phi) is 6.12. The zero-order valence-corrected chi connectivity index (χ0v) is 19.6. The lowest BCUT2D eigenvalue weighted by Gasteiger charge is -2.35. The van der Waals surface area contributed by atoms with Crippen LogP contribution in [0.25, 0.3) is 22.4 Å². The number of nitrogens with zero attached hydrogens (tertiary/aromatic N) is 3. The fourth-order valence-electron chi connectivity index (χ4n) is 4.11. The SMILES string of the molecule is CC(C)C(=O)NC1CC(Oc2nc3nc(-c4ccc(N5CCOCC5)cc4)c(Cl)cc3[nH]2)C1. The molecule has 1 amide bonds. The van der Waals surface area contributed by atoms with E-state index in [4.69, 9.17) is 21.1 Å². The number of amides is 1. The molecule has 2 aliphatic rings. The summed E-state index contributed by atoms with van der Waals surface area (Å²) in [6.07, 6.45) is 1.56. The largest absolute Gasteiger partial charge is 0.461 e. The number of ether oxygens (including phenoxy) is 2. The number of halogens is 1. The van der Waals surface area contributed by atoms with Crippen molar-refractivity contribution in [3.05, 3.63) is 35.4 Å². The van der Waals surface area contributed by atoms with Crippen LogP contribution in [-0.2, 0) is 9.53 Å². The lowest BCUT2D eigenvalue weighted by Crippen LogP contribution is -2.50. The summed E-state index contributed by atoms with van der Waals surface area (Å²) in [5.41, 5.74) is 4.08. The highest BCUT2D eigenvalue weighted by atomic mass is 35.5. The van der Waals surface area contributed by atoms with Crippen molar-refractivity contribution in [1.29, 1.82) is 0 Å². The van der Waals surface area contributed by atoms with E-state index in [1.54, 1.807) is 0 Å². The van der Waals surface area contributed by atoms with E-state index in [0.717, 1.165) is 55.9 Å². The molecule has 0 unspecified atom stereocenters. The third-order valence-electron chi connectivity index (χ3n) is 6.17. The van der Waals surface area contributed by atoms with E-state index in [-0.39, 0.29) is 24.0 Å². The molecule has 2 N–H and O–H groups in total. The van der Waals surface area contributed by atoms with Crippen LogP contribution in [0.4, 0.5) is 5.69 Å². The van der Waals surface area contributed by atoms with Crippen LogP contribution in [0, 0.1) is 5.92 Å². The van der Waals surface area contributed by atoms with E-state index in [2.05, 4.69) is 37.3 Å². The molecule has 1 saturated heterocycles. The average Bonchev–Trinajstić information content (AvgIpc) is 3.18. The van der Waals surface area contributed by atoms with Gasteiger partial charge in [0, 0.05) is 49.1 Å². The number of fused-ring (bicyclic) bond motifs is 1. The second kappa shape index (κ2) is 9.19. The van der Waals surface area contributed by atoms with E-state index in [9.17, 15) is 4.79 Å². The van der Waals surface area contributed by atoms with E-state index in [0.29, 0.717) is 22.4 Å². The third-order valence-corrected chi connectivity index (χ3v) is 6.45. The standard InChI is InChI=1S/C24H28ClN5O3/c1-14(2)23(31)26-16-11-18(12-16)33-24-27-20-13-19(25)21(28-22(20)29-24)15-3-5-17(6-4-15)30-7-9-32-10-8-30/h3-6,13-14,16,18H,7-12H2,1-2H3,(H,26,31)(H,27,28,29). The van der Waals surface area contributed by atoms with Crippen LogP contribution in [-0.4, -0.2) is 59.3 Å². The number of morpholine rings is 1. The van der Waals surface area contributed by atoms with Gasteiger partial charge in [0.2, 0.25) is 5.91 Å². The van der Waals surface area contributed by atoms with Crippen LogP contribution in [0.15, 0.2) is 30.3 Å². The molecule has 3 heterocycles. The van der Waals surface area contributed by atoms with E-state index >= 15 is 0 Å². The highest BCUT2D eigenvalue weighted by Crippen LogP contribution is 2.32. The maximum Gasteiger partial charge on any atom is 0.296 e. The number of aromatic nitrogens is 3. The van der Waals surface area contributed by atoms with Gasteiger partial charge in [-0.3, -0.25) is 4.79 Å². The summed E-state index contributed by atoms with van der Waals surface area (Å²) >= 11 is 6.55. The van der Waals surface area contributed by atoms with Gasteiger partial charge in [0.25, 0.3) is 6.01 Å². The summed E-state index contributed by atoms with van der Waals surface area (Å²) in [6, 6.07) is 10.7. The number of rotatable bonds is 6. The number of hydrogen-bond acceptors (Lipinski definition) is 6. The lowest BCUT2D eigenvalue weighted by molar-refractivity contribution is -0.125. The minimum absolute atomic E-state index is 0.0130. The molecule has 1 aliphatic heterocycles. The van der Waals surface area contributed by atoms with Gasteiger partial charge >= 0.3 is 0 Å². The first-order valence-electron chi connectivity index (χ1n) is 11.4. The minimum atomic E-state index is -0.0130. The molecule has 1 aromatic carbocycles. The predicted molar refractivity (Wildman–Crippen MR) is 128 cm³/mol. The summed E-state index contributed by atoms with van der Waals surface area (Å²) < 4.78 is 11.4. The van der Waals surface area contributed by atoms with Gasteiger partial charge in [-0.05, 0) is 18.2 Å². The van der Waals surface area contributed by atoms with Crippen molar-refractivity contribution in [2.75, 3.05) is 31.2 Å². The molecular formula is C24H28ClN5O3. The van der Waals surface area contributed by atoms with Crippen LogP contribution >= 0.6 is 11.6 Å². The second-order valence-electron chi connectivity index (χ2n) is 8.95. The van der Waals surface area contributed by atoms with E-state index < -0.39 is 0 Å². The molecule has 5 rings (SSSR count). The third kappa shape index (κ3) is 4.77. The highest BCUT2D eigenvalue weighted by Gasteiger charge is 2.33. The van der Waals surface area contributed by atoms with Crippen LogP contribution in [0.5, 0.6) is 6.01 Å². The van der Waals surface area contributed by atoms with Crippen LogP contribution in [0.3, 0.4) is 0 Å². The normalized spacial score (nSPS) is 20.7. The highest BCUT2D eigenvalue weighted by molar-refractivity contribution is 6.33. The maximum atomic E-state index is 11.8. The number of pyridine rings is 1. The average molecular weight is 470 g/mol. The number of carbonyl (C=O) groups is 1. The molecule has 8 nitrogen and oxygen atoms in total. The Balaban J connectivity index is 1.26. The number of nitrogens with one attached hydrogen (secondary N) is 2. The molecular weight excluding hydrogens is 442 g/mol. The molecule has 9 heteroatoms. The Morgan fingerprint density at radius 1 is 1.21 bits per heavy atom. The molecule has 2 aromatic heterocycles. The lowest BCUT2D eigenvalue weighted by atomic mass is 9.89. The molecule has 33 heavy (non-hydrogen) atoms. The Bertz CT molecular complexity index is 1130. The molecule has 3 aromatic rings. The molecule has 0 atom stereocenters. The van der Waals surface area contributed by atoms with Crippen molar-refractivity contribution in [3.8, 4) is 17.3 Å². The van der Waals surface area contributed by atoms with Crippen LogP contribution in [0.2, 0.25) is 5.02 Å². The molecule has 0 spiro atoms. The van der Waals surface area contributed by atoms with Gasteiger partial charge in [-0.1, -0.05) is 37.6 Å². The van der Waals surface area contributed by atoms with Crippen molar-refractivity contribution in [1.82, 2.24) is 20.3 Å². The predicted octanol–water partition coefficient (Wildman–Crippen LogP) is 3.80. The first-order chi connectivity index (χ1) is 16.0. The van der Waals surface area contributed by atoms with Crippen molar-refractivity contribution < 1.29 is 14.3 Å². The number of hydrogen-bond donors (Lipinski definition) is 2. The van der Waals surface area contributed by atoms with Gasteiger partial charge in [0.05, 0.1) is 29.4 Å². The molecule has 174 valence electrons. The topological polar surface area (TPSA) is 92.4 Å². The number of imidazole rings is 1. The summed E-state index contributed by atoms with van der Waals surface area (Å²) in [4.78, 5) is 26.5. The van der Waals surface area contributed by atoms with Crippen LogP contribution in [0.1, 0.15) is 26.7 Å². The summed E-state index contributed by atoms with van der Waals surface area (Å²) in [5, 5.41) is 3.58. The fourth-order valence-corrected chi connectivity index (χ4v) is 4.37. The van der Waals surface area contributed by atoms with Gasteiger partial charge in [0.1, 0.15) is 6.10 Å². The maximum absolute atomic E-state index is 11.8. The second-order valence-corrected chi connectivity index (χ2v) is 9.36. The van der Waals surface area contributed by atoms with Crippen molar-refractivity contribution in [2.24, 2.45) is 5.92 Å².